The van der Waals surface area contributed by atoms with E-state index in [-0.39, 0.29) is 5.78 Å². The molecule has 0 aliphatic carbocycles. The molecular weight excluding hydrogens is 176 g/mol. The van der Waals surface area contributed by atoms with Crippen LogP contribution in [0.25, 0.3) is 0 Å². The molecule has 0 saturated carbocycles. The van der Waals surface area contributed by atoms with Gasteiger partial charge in [-0.05, 0) is 34.0 Å². The Balaban J connectivity index is 2.96. The molecule has 14 heavy (non-hydrogen) atoms. The lowest BCUT2D eigenvalue weighted by atomic mass is 10.1. The van der Waals surface area contributed by atoms with E-state index in [9.17, 15) is 4.79 Å². The van der Waals surface area contributed by atoms with Crippen LogP contribution in [0, 0.1) is 13.8 Å². The van der Waals surface area contributed by atoms with Crippen molar-refractivity contribution in [3.63, 3.8) is 0 Å². The maximum atomic E-state index is 11.8. The van der Waals surface area contributed by atoms with E-state index in [1.165, 1.54) is 0 Å². The number of ketones is 1. The van der Waals surface area contributed by atoms with E-state index in [1.807, 2.05) is 50.5 Å². The van der Waals surface area contributed by atoms with E-state index in [0.29, 0.717) is 6.54 Å². The molecular formula is C11H18N2O. The number of aromatic nitrogens is 1. The summed E-state index contributed by atoms with van der Waals surface area (Å²) in [5, 5.41) is 0. The molecule has 1 aromatic heterocycles. The van der Waals surface area contributed by atoms with Crippen molar-refractivity contribution in [1.82, 2.24) is 9.47 Å². The molecule has 3 nitrogen and oxygen atoms in total. The standard InChI is InChI=1S/C11H18N2O/c1-8-6-10(9(2)13(8)5)11(14)7-12(3)4/h6H,7H2,1-5H3. The summed E-state index contributed by atoms with van der Waals surface area (Å²) in [6.45, 7) is 4.47. The van der Waals surface area contributed by atoms with Crippen LogP contribution in [0.5, 0.6) is 0 Å². The highest BCUT2D eigenvalue weighted by atomic mass is 16.1. The average molecular weight is 194 g/mol. The van der Waals surface area contributed by atoms with Gasteiger partial charge in [-0.25, -0.2) is 0 Å². The summed E-state index contributed by atoms with van der Waals surface area (Å²) in [5.74, 6) is 0.191. The first-order valence-electron chi connectivity index (χ1n) is 4.74. The van der Waals surface area contributed by atoms with Crippen molar-refractivity contribution >= 4 is 5.78 Å². The molecule has 0 spiro atoms. The molecule has 0 atom stereocenters. The Kier molecular flexibility index (Phi) is 3.11. The largest absolute Gasteiger partial charge is 0.351 e. The van der Waals surface area contributed by atoms with Crippen molar-refractivity contribution in [3.8, 4) is 0 Å². The molecule has 0 radical (unpaired) electrons. The summed E-state index contributed by atoms with van der Waals surface area (Å²) < 4.78 is 2.04. The lowest BCUT2D eigenvalue weighted by Crippen LogP contribution is -2.22. The first kappa shape index (κ1) is 11.0. The van der Waals surface area contributed by atoms with Crippen LogP contribution >= 0.6 is 0 Å². The zero-order valence-electron chi connectivity index (χ0n) is 9.59. The van der Waals surface area contributed by atoms with Gasteiger partial charge in [0, 0.05) is 24.0 Å². The summed E-state index contributed by atoms with van der Waals surface area (Å²) in [7, 11) is 5.79. The molecule has 1 heterocycles. The topological polar surface area (TPSA) is 25.2 Å². The highest BCUT2D eigenvalue weighted by Gasteiger charge is 2.13. The molecule has 1 aromatic rings. The van der Waals surface area contributed by atoms with Gasteiger partial charge in [-0.15, -0.1) is 0 Å². The number of aryl methyl sites for hydroxylation is 1. The van der Waals surface area contributed by atoms with Crippen molar-refractivity contribution < 1.29 is 4.79 Å². The first-order valence-corrected chi connectivity index (χ1v) is 4.74. The predicted octanol–water partition coefficient (Wildman–Crippen LogP) is 1.39. The van der Waals surface area contributed by atoms with Gasteiger partial charge in [-0.2, -0.15) is 0 Å². The van der Waals surface area contributed by atoms with Crippen molar-refractivity contribution in [3.05, 3.63) is 23.0 Å². The predicted molar refractivity (Wildman–Crippen MR) is 57.8 cm³/mol. The second-order valence-electron chi connectivity index (χ2n) is 4.00. The van der Waals surface area contributed by atoms with Crippen molar-refractivity contribution in [1.29, 1.82) is 0 Å². The van der Waals surface area contributed by atoms with E-state index >= 15 is 0 Å². The highest BCUT2D eigenvalue weighted by molar-refractivity contribution is 5.98. The zero-order valence-corrected chi connectivity index (χ0v) is 9.59. The number of nitrogens with zero attached hydrogens (tertiary/aromatic N) is 2. The fraction of sp³-hybridized carbons (Fsp3) is 0.545. The minimum absolute atomic E-state index is 0.191. The molecule has 0 aromatic carbocycles. The fourth-order valence-electron chi connectivity index (χ4n) is 1.51. The number of hydrogen-bond acceptors (Lipinski definition) is 2. The maximum Gasteiger partial charge on any atom is 0.178 e. The Bertz CT molecular complexity index is 350. The van der Waals surface area contributed by atoms with Gasteiger partial charge in [-0.1, -0.05) is 0 Å². The van der Waals surface area contributed by atoms with E-state index in [0.717, 1.165) is 17.0 Å². The highest BCUT2D eigenvalue weighted by Crippen LogP contribution is 2.13. The molecule has 0 N–H and O–H groups in total. The van der Waals surface area contributed by atoms with Crippen LogP contribution in [0.3, 0.4) is 0 Å². The molecule has 0 bridgehead atoms. The smallest absolute Gasteiger partial charge is 0.178 e. The number of hydrogen-bond donors (Lipinski definition) is 0. The maximum absolute atomic E-state index is 11.8. The summed E-state index contributed by atoms with van der Waals surface area (Å²) in [4.78, 5) is 13.7. The third-order valence-electron chi connectivity index (χ3n) is 2.54. The van der Waals surface area contributed by atoms with Gasteiger partial charge in [-0.3, -0.25) is 4.79 Å². The number of rotatable bonds is 3. The lowest BCUT2D eigenvalue weighted by Gasteiger charge is -2.08. The summed E-state index contributed by atoms with van der Waals surface area (Å²) in [5.41, 5.74) is 3.03. The number of likely N-dealkylation sites (N-methyl/N-ethyl adjacent to an activating group) is 1. The Hall–Kier alpha value is -1.09. The van der Waals surface area contributed by atoms with Crippen molar-refractivity contribution in [2.45, 2.75) is 13.8 Å². The van der Waals surface area contributed by atoms with Crippen LogP contribution in [0.4, 0.5) is 0 Å². The number of Topliss-reactive ketones (excluding diaryl/α,β-unsaturated/α-hetero) is 1. The molecule has 0 unspecified atom stereocenters. The van der Waals surface area contributed by atoms with Gasteiger partial charge in [0.15, 0.2) is 5.78 Å². The molecule has 3 heteroatoms. The van der Waals surface area contributed by atoms with Crippen molar-refractivity contribution in [2.24, 2.45) is 7.05 Å². The minimum atomic E-state index is 0.191. The van der Waals surface area contributed by atoms with Crippen LogP contribution in [0.15, 0.2) is 6.07 Å². The molecule has 0 fully saturated rings. The van der Waals surface area contributed by atoms with Gasteiger partial charge in [0.2, 0.25) is 0 Å². The van der Waals surface area contributed by atoms with Crippen LogP contribution in [-0.2, 0) is 7.05 Å². The lowest BCUT2D eigenvalue weighted by molar-refractivity contribution is 0.0957. The van der Waals surface area contributed by atoms with E-state index in [4.69, 9.17) is 0 Å². The van der Waals surface area contributed by atoms with Gasteiger partial charge < -0.3 is 9.47 Å². The third-order valence-corrected chi connectivity index (χ3v) is 2.54. The van der Waals surface area contributed by atoms with Crippen LogP contribution in [0.1, 0.15) is 21.7 Å². The Morgan fingerprint density at radius 1 is 1.43 bits per heavy atom. The van der Waals surface area contributed by atoms with Crippen LogP contribution < -0.4 is 0 Å². The molecule has 0 aliphatic heterocycles. The Morgan fingerprint density at radius 2 is 2.00 bits per heavy atom. The van der Waals surface area contributed by atoms with Gasteiger partial charge >= 0.3 is 0 Å². The minimum Gasteiger partial charge on any atom is -0.351 e. The second kappa shape index (κ2) is 3.96. The van der Waals surface area contributed by atoms with E-state index in [2.05, 4.69) is 0 Å². The van der Waals surface area contributed by atoms with Gasteiger partial charge in [0.05, 0.1) is 6.54 Å². The Morgan fingerprint density at radius 3 is 2.36 bits per heavy atom. The zero-order chi connectivity index (χ0) is 10.9. The average Bonchev–Trinajstić information content (AvgIpc) is 2.32. The monoisotopic (exact) mass is 194 g/mol. The first-order chi connectivity index (χ1) is 6.43. The summed E-state index contributed by atoms with van der Waals surface area (Å²) in [6, 6.07) is 1.96. The van der Waals surface area contributed by atoms with E-state index in [1.54, 1.807) is 0 Å². The quantitative estimate of drug-likeness (QED) is 0.679. The van der Waals surface area contributed by atoms with Crippen molar-refractivity contribution in [2.75, 3.05) is 20.6 Å². The van der Waals surface area contributed by atoms with Gasteiger partial charge in [0.1, 0.15) is 0 Å². The molecule has 0 amide bonds. The Labute approximate surface area is 85.3 Å². The second-order valence-corrected chi connectivity index (χ2v) is 4.00. The summed E-state index contributed by atoms with van der Waals surface area (Å²) >= 11 is 0. The number of carbonyl (C=O) groups excluding carboxylic acids is 1. The molecule has 0 aliphatic rings. The SMILES string of the molecule is Cc1cc(C(=O)CN(C)C)c(C)n1C. The summed E-state index contributed by atoms with van der Waals surface area (Å²) in [6.07, 6.45) is 0. The van der Waals surface area contributed by atoms with Gasteiger partial charge in [0.25, 0.3) is 0 Å². The fourth-order valence-corrected chi connectivity index (χ4v) is 1.51. The van der Waals surface area contributed by atoms with E-state index < -0.39 is 0 Å². The van der Waals surface area contributed by atoms with Crippen LogP contribution in [0.2, 0.25) is 0 Å². The number of carbonyl (C=O) groups is 1. The van der Waals surface area contributed by atoms with Crippen LogP contribution in [-0.4, -0.2) is 35.9 Å². The molecule has 0 saturated heterocycles. The third kappa shape index (κ3) is 2.04. The molecule has 78 valence electrons. The normalized spacial score (nSPS) is 11.0. The molecule has 1 rings (SSSR count).